The number of amides is 2. The number of aliphatic hydroxyl groups is 5. The lowest BCUT2D eigenvalue weighted by Gasteiger charge is -2.46. The van der Waals surface area contributed by atoms with E-state index in [1.54, 1.807) is 0 Å². The first-order valence-corrected chi connectivity index (χ1v) is 6.18. The Bertz CT molecular complexity index is 396. The summed E-state index contributed by atoms with van der Waals surface area (Å²) in [6.07, 6.45) is -9.02. The largest absolute Gasteiger partial charge is 0.387 e. The molecule has 0 aliphatic carbocycles. The fourth-order valence-corrected chi connectivity index (χ4v) is 1.91. The fourth-order valence-electron chi connectivity index (χ4n) is 1.91. The van der Waals surface area contributed by atoms with E-state index in [4.69, 9.17) is 4.74 Å². The van der Waals surface area contributed by atoms with E-state index in [2.05, 4.69) is 5.29 Å². The second-order valence-electron chi connectivity index (χ2n) is 4.71. The van der Waals surface area contributed by atoms with Gasteiger partial charge < -0.3 is 35.6 Å². The van der Waals surface area contributed by atoms with Crippen LogP contribution in [0, 0.1) is 4.91 Å². The molecular weight excluding hydrogens is 290 g/mol. The van der Waals surface area contributed by atoms with Gasteiger partial charge in [0.2, 0.25) is 0 Å². The lowest BCUT2D eigenvalue weighted by molar-refractivity contribution is -0.358. The SMILES string of the molecule is CC[C@]1(O)O[C@H](C(O)NC(=O)N(C)N=O)[C@@H](O)[C@H](O)[C@H]1O. The number of nitrogens with one attached hydrogen (secondary N) is 1. The molecule has 1 saturated heterocycles. The third kappa shape index (κ3) is 3.45. The van der Waals surface area contributed by atoms with Crippen molar-refractivity contribution in [3.8, 4) is 0 Å². The Balaban J connectivity index is 2.85. The van der Waals surface area contributed by atoms with E-state index in [0.717, 1.165) is 7.05 Å². The number of hydrogen-bond donors (Lipinski definition) is 6. The molecule has 21 heavy (non-hydrogen) atoms. The molecule has 6 N–H and O–H groups in total. The number of hydrogen-bond acceptors (Lipinski definition) is 9. The van der Waals surface area contributed by atoms with Gasteiger partial charge in [0.15, 0.2) is 12.0 Å². The molecule has 2 amide bonds. The fraction of sp³-hybridized carbons (Fsp3) is 0.900. The molecule has 0 radical (unpaired) electrons. The van der Waals surface area contributed by atoms with E-state index in [1.165, 1.54) is 6.92 Å². The Kier molecular flexibility index (Phi) is 5.55. The third-order valence-corrected chi connectivity index (χ3v) is 3.32. The Hall–Kier alpha value is -1.37. The summed E-state index contributed by atoms with van der Waals surface area (Å²) in [5.74, 6) is -2.20. The molecule has 0 aromatic rings. The predicted molar refractivity (Wildman–Crippen MR) is 66.2 cm³/mol. The standard InChI is InChI=1S/C10H19N3O8/c1-3-10(19)7(16)5(15)4(14)6(21-10)8(17)11-9(18)13(2)12-20/h4-8,14-17,19H,3H2,1-2H3,(H,11,18)/t4-,5-,6-,7+,8?,10-/m0/s1. The first-order valence-electron chi connectivity index (χ1n) is 6.18. The quantitative estimate of drug-likeness (QED) is 0.184. The molecule has 1 rings (SSSR count). The summed E-state index contributed by atoms with van der Waals surface area (Å²) in [5.41, 5.74) is 0. The van der Waals surface area contributed by atoms with E-state index < -0.39 is 42.5 Å². The maximum Gasteiger partial charge on any atom is 0.342 e. The first-order chi connectivity index (χ1) is 9.67. The van der Waals surface area contributed by atoms with Crippen molar-refractivity contribution < 1.29 is 35.1 Å². The summed E-state index contributed by atoms with van der Waals surface area (Å²) in [5, 5.41) is 53.4. The zero-order valence-electron chi connectivity index (χ0n) is 11.4. The summed E-state index contributed by atoms with van der Waals surface area (Å²) in [7, 11) is 1.02. The molecule has 1 heterocycles. The molecule has 0 bridgehead atoms. The number of carbonyl (C=O) groups excluding carboxylic acids is 1. The maximum absolute atomic E-state index is 11.4. The minimum absolute atomic E-state index is 0.148. The summed E-state index contributed by atoms with van der Waals surface area (Å²) >= 11 is 0. The minimum atomic E-state index is -2.20. The highest BCUT2D eigenvalue weighted by molar-refractivity contribution is 5.73. The Morgan fingerprint density at radius 2 is 2.00 bits per heavy atom. The van der Waals surface area contributed by atoms with Gasteiger partial charge in [-0.1, -0.05) is 6.92 Å². The second kappa shape index (κ2) is 6.60. The Morgan fingerprint density at radius 3 is 2.48 bits per heavy atom. The zero-order chi connectivity index (χ0) is 16.4. The number of rotatable bonds is 4. The monoisotopic (exact) mass is 309 g/mol. The van der Waals surface area contributed by atoms with Crippen LogP contribution in [0.3, 0.4) is 0 Å². The average Bonchev–Trinajstić information content (AvgIpc) is 2.47. The third-order valence-electron chi connectivity index (χ3n) is 3.32. The normalized spacial score (nSPS) is 37.7. The van der Waals surface area contributed by atoms with Crippen molar-refractivity contribution in [2.75, 3.05) is 7.05 Å². The first kappa shape index (κ1) is 17.7. The van der Waals surface area contributed by atoms with Crippen molar-refractivity contribution in [2.45, 2.75) is 49.8 Å². The van der Waals surface area contributed by atoms with Crippen LogP contribution in [0.1, 0.15) is 13.3 Å². The average molecular weight is 309 g/mol. The van der Waals surface area contributed by atoms with E-state index >= 15 is 0 Å². The van der Waals surface area contributed by atoms with Crippen molar-refractivity contribution in [3.63, 3.8) is 0 Å². The molecule has 1 unspecified atom stereocenters. The lowest BCUT2D eigenvalue weighted by Crippen LogP contribution is -2.68. The van der Waals surface area contributed by atoms with Crippen LogP contribution in [0.2, 0.25) is 0 Å². The van der Waals surface area contributed by atoms with Gasteiger partial charge in [0.05, 0.1) is 5.29 Å². The number of carbonyl (C=O) groups is 1. The van der Waals surface area contributed by atoms with Crippen LogP contribution in [0.4, 0.5) is 4.79 Å². The maximum atomic E-state index is 11.4. The predicted octanol–water partition coefficient (Wildman–Crippen LogP) is -2.79. The smallest absolute Gasteiger partial charge is 0.342 e. The van der Waals surface area contributed by atoms with Gasteiger partial charge in [-0.15, -0.1) is 4.91 Å². The van der Waals surface area contributed by atoms with Crippen LogP contribution in [0.15, 0.2) is 5.29 Å². The van der Waals surface area contributed by atoms with Crippen molar-refractivity contribution in [2.24, 2.45) is 5.29 Å². The van der Waals surface area contributed by atoms with E-state index in [0.29, 0.717) is 5.01 Å². The molecule has 0 saturated carbocycles. The molecule has 11 heteroatoms. The molecule has 0 aromatic carbocycles. The molecule has 1 aliphatic rings. The topological polar surface area (TPSA) is 172 Å². The van der Waals surface area contributed by atoms with Crippen LogP contribution in [0.5, 0.6) is 0 Å². The van der Waals surface area contributed by atoms with Crippen molar-refractivity contribution >= 4 is 6.03 Å². The minimum Gasteiger partial charge on any atom is -0.387 e. The van der Waals surface area contributed by atoms with Crippen LogP contribution >= 0.6 is 0 Å². The van der Waals surface area contributed by atoms with Gasteiger partial charge in [-0.25, -0.2) is 4.79 Å². The summed E-state index contributed by atoms with van der Waals surface area (Å²) in [6, 6.07) is -1.09. The Morgan fingerprint density at radius 1 is 1.43 bits per heavy atom. The lowest BCUT2D eigenvalue weighted by atomic mass is 9.90. The van der Waals surface area contributed by atoms with Crippen molar-refractivity contribution in [3.05, 3.63) is 4.91 Å². The second-order valence-corrected chi connectivity index (χ2v) is 4.71. The number of aliphatic hydroxyl groups excluding tert-OH is 4. The molecule has 1 fully saturated rings. The highest BCUT2D eigenvalue weighted by Crippen LogP contribution is 2.31. The van der Waals surface area contributed by atoms with Gasteiger partial charge in [0.25, 0.3) is 0 Å². The number of nitroso groups, excluding NO2 is 1. The van der Waals surface area contributed by atoms with Crippen LogP contribution in [-0.2, 0) is 4.74 Å². The molecule has 6 atom stereocenters. The van der Waals surface area contributed by atoms with Gasteiger partial charge in [-0.3, -0.25) is 0 Å². The Labute approximate surface area is 119 Å². The number of nitrogens with zero attached hydrogens (tertiary/aromatic N) is 2. The molecule has 122 valence electrons. The summed E-state index contributed by atoms with van der Waals surface area (Å²) < 4.78 is 5.00. The molecule has 1 aliphatic heterocycles. The summed E-state index contributed by atoms with van der Waals surface area (Å²) in [6.45, 7) is 1.44. The van der Waals surface area contributed by atoms with Gasteiger partial charge in [0, 0.05) is 13.5 Å². The van der Waals surface area contributed by atoms with Gasteiger partial charge in [-0.2, -0.15) is 5.01 Å². The van der Waals surface area contributed by atoms with Gasteiger partial charge >= 0.3 is 6.03 Å². The van der Waals surface area contributed by atoms with Crippen LogP contribution in [-0.4, -0.2) is 80.1 Å². The highest BCUT2D eigenvalue weighted by atomic mass is 16.7. The van der Waals surface area contributed by atoms with Crippen LogP contribution < -0.4 is 5.32 Å². The molecule has 0 aromatic heterocycles. The zero-order valence-corrected chi connectivity index (χ0v) is 11.4. The van der Waals surface area contributed by atoms with E-state index in [1.807, 2.05) is 5.32 Å². The highest BCUT2D eigenvalue weighted by Gasteiger charge is 2.53. The molecular formula is C10H19N3O8. The molecule has 0 spiro atoms. The molecule has 11 nitrogen and oxygen atoms in total. The number of ether oxygens (including phenoxy) is 1. The summed E-state index contributed by atoms with van der Waals surface area (Å²) in [4.78, 5) is 21.5. The van der Waals surface area contributed by atoms with Crippen molar-refractivity contribution in [1.29, 1.82) is 0 Å². The van der Waals surface area contributed by atoms with E-state index in [-0.39, 0.29) is 6.42 Å². The van der Waals surface area contributed by atoms with Crippen molar-refractivity contribution in [1.82, 2.24) is 10.3 Å². The van der Waals surface area contributed by atoms with Gasteiger partial charge in [0.1, 0.15) is 24.4 Å². The van der Waals surface area contributed by atoms with E-state index in [9.17, 15) is 35.2 Å². The van der Waals surface area contributed by atoms with Gasteiger partial charge in [-0.05, 0) is 0 Å². The number of urea groups is 1. The van der Waals surface area contributed by atoms with Crippen LogP contribution in [0.25, 0.3) is 0 Å².